The summed E-state index contributed by atoms with van der Waals surface area (Å²) in [4.78, 5) is 23.8. The van der Waals surface area contributed by atoms with Crippen LogP contribution in [0, 0.1) is 13.8 Å². The van der Waals surface area contributed by atoms with Gasteiger partial charge < -0.3 is 10.4 Å². The number of nitrogens with one attached hydrogen (secondary N) is 1. The maximum absolute atomic E-state index is 11.9. The van der Waals surface area contributed by atoms with Crippen LogP contribution in [0.15, 0.2) is 36.4 Å². The predicted molar refractivity (Wildman–Crippen MR) is 84.9 cm³/mol. The van der Waals surface area contributed by atoms with E-state index >= 15 is 0 Å². The molecule has 0 saturated heterocycles. The summed E-state index contributed by atoms with van der Waals surface area (Å²) < 4.78 is 0. The van der Waals surface area contributed by atoms with Gasteiger partial charge in [-0.25, -0.2) is 4.79 Å². The van der Waals surface area contributed by atoms with Crippen LogP contribution in [0.1, 0.15) is 26.4 Å². The first-order chi connectivity index (χ1) is 9.95. The van der Waals surface area contributed by atoms with Crippen molar-refractivity contribution >= 4 is 34.3 Å². The summed E-state index contributed by atoms with van der Waals surface area (Å²) in [7, 11) is 0. The summed E-state index contributed by atoms with van der Waals surface area (Å²) in [6.45, 7) is 3.78. The molecule has 1 heterocycles. The van der Waals surface area contributed by atoms with Crippen molar-refractivity contribution in [2.45, 2.75) is 13.8 Å². The Morgan fingerprint density at radius 1 is 1.24 bits per heavy atom. The zero-order chi connectivity index (χ0) is 15.4. The molecule has 0 radical (unpaired) electrons. The lowest BCUT2D eigenvalue weighted by molar-refractivity contribution is -0.111. The fourth-order valence-corrected chi connectivity index (χ4v) is 2.77. The highest BCUT2D eigenvalue weighted by Crippen LogP contribution is 2.27. The predicted octanol–water partition coefficient (Wildman–Crippen LogP) is 3.72. The fourth-order valence-electron chi connectivity index (χ4n) is 1.87. The number of amides is 1. The number of thiophene rings is 1. The highest BCUT2D eigenvalue weighted by molar-refractivity contribution is 7.16. The second kappa shape index (κ2) is 6.37. The van der Waals surface area contributed by atoms with Crippen molar-refractivity contribution in [3.05, 3.63) is 58.0 Å². The highest BCUT2D eigenvalue weighted by atomic mass is 32.1. The number of aromatic carboxylic acids is 1. The number of carboxylic acids is 1. The van der Waals surface area contributed by atoms with Gasteiger partial charge in [-0.15, -0.1) is 11.3 Å². The lowest BCUT2D eigenvalue weighted by atomic mass is 10.1. The van der Waals surface area contributed by atoms with Crippen LogP contribution >= 0.6 is 11.3 Å². The van der Waals surface area contributed by atoms with Crippen molar-refractivity contribution in [3.8, 4) is 0 Å². The van der Waals surface area contributed by atoms with Crippen molar-refractivity contribution in [1.82, 2.24) is 0 Å². The van der Waals surface area contributed by atoms with E-state index in [9.17, 15) is 9.59 Å². The molecule has 5 heteroatoms. The molecule has 2 rings (SSSR count). The molecule has 0 atom stereocenters. The average Bonchev–Trinajstić information content (AvgIpc) is 2.77. The molecule has 0 saturated carbocycles. The molecule has 0 aliphatic rings. The van der Waals surface area contributed by atoms with Gasteiger partial charge in [0.1, 0.15) is 5.00 Å². The third-order valence-electron chi connectivity index (χ3n) is 2.79. The van der Waals surface area contributed by atoms with Gasteiger partial charge in [-0.3, -0.25) is 4.79 Å². The summed E-state index contributed by atoms with van der Waals surface area (Å²) in [6, 6.07) is 9.30. The van der Waals surface area contributed by atoms with Crippen molar-refractivity contribution in [2.75, 3.05) is 5.32 Å². The van der Waals surface area contributed by atoms with E-state index in [1.165, 1.54) is 17.4 Å². The third-order valence-corrected chi connectivity index (χ3v) is 3.76. The van der Waals surface area contributed by atoms with Crippen molar-refractivity contribution in [3.63, 3.8) is 0 Å². The van der Waals surface area contributed by atoms with Gasteiger partial charge in [0.15, 0.2) is 0 Å². The smallest absolute Gasteiger partial charge is 0.338 e. The first-order valence-electron chi connectivity index (χ1n) is 6.35. The molecule has 21 heavy (non-hydrogen) atoms. The molecule has 0 unspecified atom stereocenters. The number of carbonyl (C=O) groups excluding carboxylic acids is 1. The molecule has 0 aliphatic carbocycles. The Kier molecular flexibility index (Phi) is 4.55. The molecular weight excluding hydrogens is 286 g/mol. The van der Waals surface area contributed by atoms with E-state index in [4.69, 9.17) is 5.11 Å². The van der Waals surface area contributed by atoms with E-state index in [0.29, 0.717) is 5.00 Å². The molecule has 1 amide bonds. The zero-order valence-electron chi connectivity index (χ0n) is 11.7. The molecule has 0 fully saturated rings. The lowest BCUT2D eigenvalue weighted by Gasteiger charge is -2.00. The van der Waals surface area contributed by atoms with Crippen LogP contribution in [-0.2, 0) is 4.79 Å². The molecule has 2 N–H and O–H groups in total. The maximum atomic E-state index is 11.9. The molecule has 108 valence electrons. The van der Waals surface area contributed by atoms with Crippen molar-refractivity contribution in [2.24, 2.45) is 0 Å². The van der Waals surface area contributed by atoms with Gasteiger partial charge in [-0.1, -0.05) is 29.8 Å². The molecule has 0 spiro atoms. The summed E-state index contributed by atoms with van der Waals surface area (Å²) in [5.74, 6) is -1.39. The van der Waals surface area contributed by atoms with Gasteiger partial charge in [-0.05, 0) is 31.6 Å². The average molecular weight is 301 g/mol. The van der Waals surface area contributed by atoms with E-state index in [1.807, 2.05) is 31.2 Å². The largest absolute Gasteiger partial charge is 0.478 e. The minimum Gasteiger partial charge on any atom is -0.478 e. The molecule has 2 aromatic rings. The number of anilines is 1. The standard InChI is InChI=1S/C16H15NO3S/c1-10-4-3-5-12(8-10)6-7-14(18)17-15-13(16(19)20)9-11(2)21-15/h3-9H,1-2H3,(H,17,18)(H,19,20). The highest BCUT2D eigenvalue weighted by Gasteiger charge is 2.14. The summed E-state index contributed by atoms with van der Waals surface area (Å²) in [5.41, 5.74) is 2.15. The molecule has 4 nitrogen and oxygen atoms in total. The van der Waals surface area contributed by atoms with Gasteiger partial charge in [0.25, 0.3) is 0 Å². The molecule has 1 aromatic carbocycles. The number of carboxylic acid groups (broad SMARTS) is 1. The summed E-state index contributed by atoms with van der Waals surface area (Å²) >= 11 is 1.25. The first-order valence-corrected chi connectivity index (χ1v) is 7.17. The second-order valence-corrected chi connectivity index (χ2v) is 5.90. The van der Waals surface area contributed by atoms with Crippen LogP contribution in [0.2, 0.25) is 0 Å². The second-order valence-electron chi connectivity index (χ2n) is 4.64. The van der Waals surface area contributed by atoms with Crippen LogP contribution in [0.5, 0.6) is 0 Å². The lowest BCUT2D eigenvalue weighted by Crippen LogP contribution is -2.09. The van der Waals surface area contributed by atoms with Gasteiger partial charge in [-0.2, -0.15) is 0 Å². The Labute approximate surface area is 126 Å². The number of rotatable bonds is 4. The normalized spacial score (nSPS) is 10.8. The Hall–Kier alpha value is -2.40. The number of aryl methyl sites for hydroxylation is 2. The maximum Gasteiger partial charge on any atom is 0.338 e. The van der Waals surface area contributed by atoms with E-state index in [1.54, 1.807) is 19.1 Å². The van der Waals surface area contributed by atoms with Crippen LogP contribution in [0.4, 0.5) is 5.00 Å². The Balaban J connectivity index is 2.10. The number of hydrogen-bond donors (Lipinski definition) is 2. The zero-order valence-corrected chi connectivity index (χ0v) is 12.5. The van der Waals surface area contributed by atoms with E-state index < -0.39 is 5.97 Å². The minimum atomic E-state index is -1.04. The SMILES string of the molecule is Cc1cccc(C=CC(=O)Nc2sc(C)cc2C(=O)O)c1. The molecule has 0 aliphatic heterocycles. The quantitative estimate of drug-likeness (QED) is 0.846. The van der Waals surface area contributed by atoms with Crippen LogP contribution in [0.25, 0.3) is 6.08 Å². The molecule has 1 aromatic heterocycles. The van der Waals surface area contributed by atoms with Crippen LogP contribution in [0.3, 0.4) is 0 Å². The topological polar surface area (TPSA) is 66.4 Å². The number of benzene rings is 1. The van der Waals surface area contributed by atoms with Crippen molar-refractivity contribution < 1.29 is 14.7 Å². The third kappa shape index (κ3) is 4.03. The Morgan fingerprint density at radius 2 is 2.00 bits per heavy atom. The van der Waals surface area contributed by atoms with Gasteiger partial charge in [0, 0.05) is 11.0 Å². The van der Waals surface area contributed by atoms with E-state index in [-0.39, 0.29) is 11.5 Å². The molecule has 0 bridgehead atoms. The number of carbonyl (C=O) groups is 2. The monoisotopic (exact) mass is 301 g/mol. The van der Waals surface area contributed by atoms with E-state index in [2.05, 4.69) is 5.32 Å². The van der Waals surface area contributed by atoms with Crippen LogP contribution in [-0.4, -0.2) is 17.0 Å². The van der Waals surface area contributed by atoms with Gasteiger partial charge in [0.05, 0.1) is 5.56 Å². The van der Waals surface area contributed by atoms with Gasteiger partial charge >= 0.3 is 5.97 Å². The summed E-state index contributed by atoms with van der Waals surface area (Å²) in [5, 5.41) is 12.0. The van der Waals surface area contributed by atoms with Crippen molar-refractivity contribution in [1.29, 1.82) is 0 Å². The Bertz CT molecular complexity index is 716. The molecular formula is C16H15NO3S. The Morgan fingerprint density at radius 3 is 2.67 bits per heavy atom. The fraction of sp³-hybridized carbons (Fsp3) is 0.125. The van der Waals surface area contributed by atoms with Gasteiger partial charge in [0.2, 0.25) is 5.91 Å². The van der Waals surface area contributed by atoms with E-state index in [0.717, 1.165) is 16.0 Å². The first kappa shape index (κ1) is 15.0. The number of hydrogen-bond acceptors (Lipinski definition) is 3. The minimum absolute atomic E-state index is 0.120. The summed E-state index contributed by atoms with van der Waals surface area (Å²) in [6.07, 6.45) is 3.10. The van der Waals surface area contributed by atoms with Crippen LogP contribution < -0.4 is 5.32 Å².